The van der Waals surface area contributed by atoms with E-state index < -0.39 is 0 Å². The van der Waals surface area contributed by atoms with E-state index in [4.69, 9.17) is 16.3 Å². The minimum Gasteiger partial charge on any atom is -0.487 e. The van der Waals surface area contributed by atoms with Crippen molar-refractivity contribution in [1.29, 1.82) is 0 Å². The Labute approximate surface area is 170 Å². The number of ether oxygens (including phenoxy) is 1. The Morgan fingerprint density at radius 1 is 1.21 bits per heavy atom. The van der Waals surface area contributed by atoms with Crippen LogP contribution >= 0.6 is 11.6 Å². The highest BCUT2D eigenvalue weighted by molar-refractivity contribution is 6.32. The van der Waals surface area contributed by atoms with Gasteiger partial charge in [0, 0.05) is 23.9 Å². The van der Waals surface area contributed by atoms with Crippen LogP contribution in [0.1, 0.15) is 45.7 Å². The van der Waals surface area contributed by atoms with Gasteiger partial charge in [-0.3, -0.25) is 9.48 Å². The molecule has 0 saturated carbocycles. The number of rotatable bonds is 6. The van der Waals surface area contributed by atoms with Gasteiger partial charge in [-0.15, -0.1) is 0 Å². The van der Waals surface area contributed by atoms with E-state index in [1.807, 2.05) is 58.2 Å². The maximum absolute atomic E-state index is 12.5. The van der Waals surface area contributed by atoms with Crippen molar-refractivity contribution in [2.45, 2.75) is 33.4 Å². The summed E-state index contributed by atoms with van der Waals surface area (Å²) in [5.74, 6) is 0.536. The third kappa shape index (κ3) is 4.54. The van der Waals surface area contributed by atoms with E-state index in [1.54, 1.807) is 23.0 Å². The van der Waals surface area contributed by atoms with Gasteiger partial charge in [-0.05, 0) is 56.2 Å². The molecule has 0 aliphatic heterocycles. The summed E-state index contributed by atoms with van der Waals surface area (Å²) in [4.78, 5) is 12.5. The average Bonchev–Trinajstić information content (AvgIpc) is 3.01. The molecule has 3 aromatic rings. The van der Waals surface area contributed by atoms with E-state index in [9.17, 15) is 4.79 Å². The highest BCUT2D eigenvalue weighted by atomic mass is 35.5. The summed E-state index contributed by atoms with van der Waals surface area (Å²) >= 11 is 6.16. The summed E-state index contributed by atoms with van der Waals surface area (Å²) in [6.45, 7) is 6.32. The first kappa shape index (κ1) is 20.0. The number of hydrogen-bond acceptors (Lipinski definition) is 3. The van der Waals surface area contributed by atoms with Crippen LogP contribution in [0.25, 0.3) is 0 Å². The molecule has 0 spiro atoms. The topological polar surface area (TPSA) is 56.1 Å². The monoisotopic (exact) mass is 397 g/mol. The van der Waals surface area contributed by atoms with Crippen molar-refractivity contribution in [3.8, 4) is 5.75 Å². The van der Waals surface area contributed by atoms with Gasteiger partial charge in [0.1, 0.15) is 12.4 Å². The molecule has 1 aromatic heterocycles. The van der Waals surface area contributed by atoms with Crippen LogP contribution in [-0.2, 0) is 13.7 Å². The average molecular weight is 398 g/mol. The number of nitrogens with zero attached hydrogens (tertiary/aromatic N) is 2. The number of hydrogen-bond donors (Lipinski definition) is 1. The third-order valence-corrected chi connectivity index (χ3v) is 5.10. The minimum atomic E-state index is -0.120. The summed E-state index contributed by atoms with van der Waals surface area (Å²) in [5, 5.41) is 7.83. The molecule has 1 amide bonds. The quantitative estimate of drug-likeness (QED) is 0.652. The molecule has 0 fully saturated rings. The molecular formula is C22H24ClN3O2. The molecule has 1 N–H and O–H groups in total. The van der Waals surface area contributed by atoms with E-state index in [2.05, 4.69) is 10.4 Å². The number of halogens is 1. The molecule has 146 valence electrons. The van der Waals surface area contributed by atoms with Gasteiger partial charge in [0.05, 0.1) is 17.3 Å². The molecule has 5 nitrogen and oxygen atoms in total. The lowest BCUT2D eigenvalue weighted by molar-refractivity contribution is 0.0939. The SMILES string of the molecule is Cc1ccc(Cl)c(OCc2ccc(C(=O)NC(C)c3cnn(C)c3C)cc2)c1. The number of nitrogens with one attached hydrogen (secondary N) is 1. The number of benzene rings is 2. The molecule has 0 bridgehead atoms. The van der Waals surface area contributed by atoms with Crippen LogP contribution in [0.5, 0.6) is 5.75 Å². The Kier molecular flexibility index (Phi) is 6.05. The van der Waals surface area contributed by atoms with Gasteiger partial charge in [0.2, 0.25) is 0 Å². The van der Waals surface area contributed by atoms with Crippen molar-refractivity contribution in [2.24, 2.45) is 7.05 Å². The Morgan fingerprint density at radius 3 is 2.57 bits per heavy atom. The zero-order valence-electron chi connectivity index (χ0n) is 16.5. The summed E-state index contributed by atoms with van der Waals surface area (Å²) in [6.07, 6.45) is 1.79. The zero-order valence-corrected chi connectivity index (χ0v) is 17.2. The maximum Gasteiger partial charge on any atom is 0.251 e. The molecule has 1 atom stereocenters. The maximum atomic E-state index is 12.5. The van der Waals surface area contributed by atoms with Gasteiger partial charge in [-0.25, -0.2) is 0 Å². The second-order valence-corrected chi connectivity index (χ2v) is 7.33. The molecule has 0 aliphatic carbocycles. The largest absolute Gasteiger partial charge is 0.487 e. The standard InChI is InChI=1S/C22H24ClN3O2/c1-14-5-10-20(23)21(11-14)28-13-17-6-8-18(9-7-17)22(27)25-15(2)19-12-24-26(4)16(19)3/h5-12,15H,13H2,1-4H3,(H,25,27). The van der Waals surface area contributed by atoms with Crippen LogP contribution < -0.4 is 10.1 Å². The number of amides is 1. The lowest BCUT2D eigenvalue weighted by atomic mass is 10.1. The van der Waals surface area contributed by atoms with Crippen LogP contribution in [0.2, 0.25) is 5.02 Å². The van der Waals surface area contributed by atoms with Crippen LogP contribution in [-0.4, -0.2) is 15.7 Å². The van der Waals surface area contributed by atoms with E-state index in [1.165, 1.54) is 0 Å². The van der Waals surface area contributed by atoms with E-state index in [-0.39, 0.29) is 11.9 Å². The zero-order chi connectivity index (χ0) is 20.3. The van der Waals surface area contributed by atoms with E-state index in [0.29, 0.717) is 22.9 Å². The molecule has 1 unspecified atom stereocenters. The van der Waals surface area contributed by atoms with Crippen molar-refractivity contribution < 1.29 is 9.53 Å². The van der Waals surface area contributed by atoms with E-state index >= 15 is 0 Å². The molecule has 3 rings (SSSR count). The molecule has 0 aliphatic rings. The normalized spacial score (nSPS) is 11.9. The van der Waals surface area contributed by atoms with Crippen molar-refractivity contribution in [1.82, 2.24) is 15.1 Å². The first-order valence-corrected chi connectivity index (χ1v) is 9.50. The Balaban J connectivity index is 1.61. The lowest BCUT2D eigenvalue weighted by Gasteiger charge is -2.14. The summed E-state index contributed by atoms with van der Waals surface area (Å²) in [5.41, 5.74) is 4.70. The van der Waals surface area contributed by atoms with Crippen molar-refractivity contribution in [3.63, 3.8) is 0 Å². The molecular weight excluding hydrogens is 374 g/mol. The summed E-state index contributed by atoms with van der Waals surface area (Å²) in [7, 11) is 1.89. The lowest BCUT2D eigenvalue weighted by Crippen LogP contribution is -2.26. The fourth-order valence-electron chi connectivity index (χ4n) is 2.93. The number of carbonyl (C=O) groups excluding carboxylic acids is 1. The van der Waals surface area contributed by atoms with Crippen molar-refractivity contribution in [3.05, 3.63) is 81.6 Å². The van der Waals surface area contributed by atoms with Gasteiger partial charge in [0.25, 0.3) is 5.91 Å². The van der Waals surface area contributed by atoms with Crippen LogP contribution in [0, 0.1) is 13.8 Å². The van der Waals surface area contributed by atoms with Gasteiger partial charge in [-0.1, -0.05) is 29.8 Å². The second-order valence-electron chi connectivity index (χ2n) is 6.92. The molecule has 0 saturated heterocycles. The summed E-state index contributed by atoms with van der Waals surface area (Å²) in [6, 6.07) is 12.9. The Morgan fingerprint density at radius 2 is 1.93 bits per heavy atom. The van der Waals surface area contributed by atoms with Gasteiger partial charge < -0.3 is 10.1 Å². The fourth-order valence-corrected chi connectivity index (χ4v) is 3.11. The number of carbonyl (C=O) groups is 1. The summed E-state index contributed by atoms with van der Waals surface area (Å²) < 4.78 is 7.60. The van der Waals surface area contributed by atoms with E-state index in [0.717, 1.165) is 22.4 Å². The van der Waals surface area contributed by atoms with Crippen molar-refractivity contribution >= 4 is 17.5 Å². The van der Waals surface area contributed by atoms with Crippen LogP contribution in [0.15, 0.2) is 48.7 Å². The second kappa shape index (κ2) is 8.48. The van der Waals surface area contributed by atoms with Crippen molar-refractivity contribution in [2.75, 3.05) is 0 Å². The van der Waals surface area contributed by atoms with Crippen LogP contribution in [0.3, 0.4) is 0 Å². The first-order chi connectivity index (χ1) is 13.3. The van der Waals surface area contributed by atoms with Gasteiger partial charge in [-0.2, -0.15) is 5.10 Å². The minimum absolute atomic E-state index is 0.118. The number of aryl methyl sites for hydroxylation is 2. The van der Waals surface area contributed by atoms with Gasteiger partial charge >= 0.3 is 0 Å². The predicted octanol–water partition coefficient (Wildman–Crippen LogP) is 4.76. The Hall–Kier alpha value is -2.79. The highest BCUT2D eigenvalue weighted by Gasteiger charge is 2.15. The molecule has 6 heteroatoms. The fraction of sp³-hybridized carbons (Fsp3) is 0.273. The predicted molar refractivity (Wildman–Crippen MR) is 111 cm³/mol. The third-order valence-electron chi connectivity index (χ3n) is 4.78. The smallest absolute Gasteiger partial charge is 0.251 e. The van der Waals surface area contributed by atoms with Crippen LogP contribution in [0.4, 0.5) is 0 Å². The first-order valence-electron chi connectivity index (χ1n) is 9.12. The highest BCUT2D eigenvalue weighted by Crippen LogP contribution is 2.26. The van der Waals surface area contributed by atoms with Gasteiger partial charge in [0.15, 0.2) is 0 Å². The molecule has 0 radical (unpaired) electrons. The number of aromatic nitrogens is 2. The molecule has 28 heavy (non-hydrogen) atoms. The molecule has 2 aromatic carbocycles. The molecule has 1 heterocycles. The Bertz CT molecular complexity index is 980.